The van der Waals surface area contributed by atoms with Crippen LogP contribution in [0.25, 0.3) is 0 Å². The molecule has 27 heavy (non-hydrogen) atoms. The molecule has 1 fully saturated rings. The second-order valence-electron chi connectivity index (χ2n) is 7.58. The summed E-state index contributed by atoms with van der Waals surface area (Å²) in [4.78, 5) is 27.0. The first-order valence-corrected chi connectivity index (χ1v) is 9.15. The topological polar surface area (TPSA) is 66.8 Å². The highest BCUT2D eigenvalue weighted by Gasteiger charge is 2.58. The minimum absolute atomic E-state index is 0.101. The summed E-state index contributed by atoms with van der Waals surface area (Å²) in [7, 11) is 1.56. The Morgan fingerprint density at radius 1 is 1.22 bits per heavy atom. The van der Waals surface area contributed by atoms with Gasteiger partial charge in [-0.05, 0) is 43.5 Å². The van der Waals surface area contributed by atoms with Crippen LogP contribution in [0.15, 0.2) is 48.5 Å². The van der Waals surface area contributed by atoms with Gasteiger partial charge in [0.1, 0.15) is 17.3 Å². The van der Waals surface area contributed by atoms with Crippen LogP contribution in [0.1, 0.15) is 47.7 Å². The van der Waals surface area contributed by atoms with Crippen LogP contribution in [0.3, 0.4) is 0 Å². The Hall–Kier alpha value is -2.66. The van der Waals surface area contributed by atoms with Crippen molar-refractivity contribution in [3.8, 4) is 5.75 Å². The molecule has 5 heteroatoms. The van der Waals surface area contributed by atoms with E-state index in [4.69, 9.17) is 4.74 Å². The van der Waals surface area contributed by atoms with E-state index < -0.39 is 11.6 Å². The molecular formula is C22H23NO4. The number of carbonyl (C=O) groups excluding carboxylic acids is 2. The van der Waals surface area contributed by atoms with Gasteiger partial charge in [-0.3, -0.25) is 9.59 Å². The number of hydrogen-bond donors (Lipinski definition) is 1. The lowest BCUT2D eigenvalue weighted by atomic mass is 9.78. The third-order valence-corrected chi connectivity index (χ3v) is 6.04. The third-order valence-electron chi connectivity index (χ3n) is 6.04. The highest BCUT2D eigenvalue weighted by atomic mass is 16.5. The Morgan fingerprint density at radius 2 is 1.93 bits per heavy atom. The fourth-order valence-electron chi connectivity index (χ4n) is 4.78. The lowest BCUT2D eigenvalue weighted by molar-refractivity contribution is -0.135. The van der Waals surface area contributed by atoms with Gasteiger partial charge in [-0.15, -0.1) is 0 Å². The van der Waals surface area contributed by atoms with Gasteiger partial charge < -0.3 is 14.7 Å². The van der Waals surface area contributed by atoms with E-state index in [-0.39, 0.29) is 23.7 Å². The molecule has 0 spiro atoms. The van der Waals surface area contributed by atoms with Gasteiger partial charge in [-0.25, -0.2) is 0 Å². The van der Waals surface area contributed by atoms with E-state index >= 15 is 0 Å². The molecule has 2 heterocycles. The van der Waals surface area contributed by atoms with Gasteiger partial charge in [-0.2, -0.15) is 0 Å². The van der Waals surface area contributed by atoms with E-state index in [0.717, 1.165) is 11.1 Å². The summed E-state index contributed by atoms with van der Waals surface area (Å²) < 4.78 is 5.30. The molecule has 2 aliphatic heterocycles. The van der Waals surface area contributed by atoms with E-state index in [0.29, 0.717) is 17.7 Å². The number of amides is 1. The van der Waals surface area contributed by atoms with E-state index in [1.807, 2.05) is 42.5 Å². The maximum atomic E-state index is 13.3. The van der Waals surface area contributed by atoms with Gasteiger partial charge in [0.25, 0.3) is 5.91 Å². The zero-order chi connectivity index (χ0) is 19.3. The van der Waals surface area contributed by atoms with Gasteiger partial charge in [0.15, 0.2) is 0 Å². The molecule has 4 atom stereocenters. The molecule has 2 aromatic carbocycles. The van der Waals surface area contributed by atoms with Gasteiger partial charge in [0, 0.05) is 17.5 Å². The summed E-state index contributed by atoms with van der Waals surface area (Å²) >= 11 is 0. The fraction of sp³-hybridized carbons (Fsp3) is 0.364. The summed E-state index contributed by atoms with van der Waals surface area (Å²) in [6.45, 7) is 3.06. The average Bonchev–Trinajstić information content (AvgIpc) is 2.94. The number of rotatable bonds is 3. The van der Waals surface area contributed by atoms with Crippen LogP contribution in [0, 0.1) is 5.92 Å². The molecule has 0 aromatic heterocycles. The molecule has 4 rings (SSSR count). The first-order chi connectivity index (χ1) is 12.9. The summed E-state index contributed by atoms with van der Waals surface area (Å²) in [6.07, 6.45) is 0.444. The Kier molecular flexibility index (Phi) is 4.07. The summed E-state index contributed by atoms with van der Waals surface area (Å²) in [6, 6.07) is 15.2. The second kappa shape index (κ2) is 6.20. The molecule has 0 saturated carbocycles. The number of nitrogens with zero attached hydrogens (tertiary/aromatic N) is 1. The predicted octanol–water partition coefficient (Wildman–Crippen LogP) is 2.97. The number of fused-ring (bicyclic) bond motifs is 2. The molecule has 4 unspecified atom stereocenters. The number of ketones is 1. The van der Waals surface area contributed by atoms with Crippen LogP contribution >= 0.6 is 0 Å². The molecule has 2 aliphatic rings. The standard InChI is InChI=1S/C22H23NO4/c1-13(24)18-12-19-20(14-7-5-4-6-8-14)16-10-9-15(27-3)11-17(16)21(25)23(19)22(18,2)26/h4-11,18-20,26H,12H2,1-3H3. The maximum absolute atomic E-state index is 13.3. The van der Waals surface area contributed by atoms with Crippen LogP contribution in [0.4, 0.5) is 0 Å². The Morgan fingerprint density at radius 3 is 2.56 bits per heavy atom. The van der Waals surface area contributed by atoms with E-state index in [9.17, 15) is 14.7 Å². The zero-order valence-electron chi connectivity index (χ0n) is 15.7. The predicted molar refractivity (Wildman–Crippen MR) is 101 cm³/mol. The first kappa shape index (κ1) is 17.7. The number of Topliss-reactive ketones (excluding diaryl/α,β-unsaturated/α-hetero) is 1. The minimum Gasteiger partial charge on any atom is -0.497 e. The van der Waals surface area contributed by atoms with Crippen LogP contribution in [0.5, 0.6) is 5.75 Å². The molecule has 0 bridgehead atoms. The molecule has 1 amide bonds. The SMILES string of the molecule is COc1ccc2c(c1)C(=O)N1C(CC(C(C)=O)C1(C)O)C2c1ccccc1. The summed E-state index contributed by atoms with van der Waals surface area (Å²) in [5, 5.41) is 11.2. The molecule has 0 radical (unpaired) electrons. The third kappa shape index (κ3) is 2.57. The molecule has 0 aliphatic carbocycles. The Labute approximate surface area is 158 Å². The van der Waals surface area contributed by atoms with Crippen molar-refractivity contribution in [3.63, 3.8) is 0 Å². The van der Waals surface area contributed by atoms with Crippen molar-refractivity contribution in [1.29, 1.82) is 0 Å². The van der Waals surface area contributed by atoms with E-state index in [1.165, 1.54) is 11.8 Å². The molecular weight excluding hydrogens is 342 g/mol. The van der Waals surface area contributed by atoms with E-state index in [2.05, 4.69) is 0 Å². The van der Waals surface area contributed by atoms with Crippen molar-refractivity contribution >= 4 is 11.7 Å². The lowest BCUT2D eigenvalue weighted by Gasteiger charge is -2.43. The number of benzene rings is 2. The Bertz CT molecular complexity index is 906. The maximum Gasteiger partial charge on any atom is 0.256 e. The van der Waals surface area contributed by atoms with Crippen LogP contribution in [-0.2, 0) is 4.79 Å². The molecule has 5 nitrogen and oxygen atoms in total. The van der Waals surface area contributed by atoms with Crippen LogP contribution in [0.2, 0.25) is 0 Å². The highest BCUT2D eigenvalue weighted by Crippen LogP contribution is 2.50. The van der Waals surface area contributed by atoms with Crippen LogP contribution in [-0.4, -0.2) is 40.6 Å². The number of carbonyl (C=O) groups is 2. The average molecular weight is 365 g/mol. The Balaban J connectivity index is 1.94. The highest BCUT2D eigenvalue weighted by molar-refractivity contribution is 5.99. The van der Waals surface area contributed by atoms with Crippen molar-refractivity contribution in [2.45, 2.75) is 38.0 Å². The van der Waals surface area contributed by atoms with Crippen molar-refractivity contribution < 1.29 is 19.4 Å². The monoisotopic (exact) mass is 365 g/mol. The molecule has 1 N–H and O–H groups in total. The minimum atomic E-state index is -1.51. The number of ether oxygens (including phenoxy) is 1. The van der Waals surface area contributed by atoms with Crippen molar-refractivity contribution in [2.75, 3.05) is 7.11 Å². The smallest absolute Gasteiger partial charge is 0.256 e. The van der Waals surface area contributed by atoms with Crippen molar-refractivity contribution in [3.05, 3.63) is 65.2 Å². The largest absolute Gasteiger partial charge is 0.497 e. The van der Waals surface area contributed by atoms with Crippen molar-refractivity contribution in [1.82, 2.24) is 4.90 Å². The molecule has 1 saturated heterocycles. The van der Waals surface area contributed by atoms with Crippen LogP contribution < -0.4 is 4.74 Å². The second-order valence-corrected chi connectivity index (χ2v) is 7.58. The first-order valence-electron chi connectivity index (χ1n) is 9.15. The summed E-state index contributed by atoms with van der Waals surface area (Å²) in [5.74, 6) is -0.477. The number of hydrogen-bond acceptors (Lipinski definition) is 4. The van der Waals surface area contributed by atoms with Gasteiger partial charge >= 0.3 is 0 Å². The van der Waals surface area contributed by atoms with E-state index in [1.54, 1.807) is 20.1 Å². The molecule has 2 aromatic rings. The summed E-state index contributed by atoms with van der Waals surface area (Å²) in [5.41, 5.74) is 0.977. The van der Waals surface area contributed by atoms with Gasteiger partial charge in [0.05, 0.1) is 13.0 Å². The number of methoxy groups -OCH3 is 1. The lowest BCUT2D eigenvalue weighted by Crippen LogP contribution is -2.55. The fourth-order valence-corrected chi connectivity index (χ4v) is 4.78. The molecule has 140 valence electrons. The van der Waals surface area contributed by atoms with Gasteiger partial charge in [0.2, 0.25) is 0 Å². The number of aliphatic hydroxyl groups is 1. The zero-order valence-corrected chi connectivity index (χ0v) is 15.7. The normalized spacial score (nSPS) is 29.3. The van der Waals surface area contributed by atoms with Gasteiger partial charge in [-0.1, -0.05) is 36.4 Å². The quantitative estimate of drug-likeness (QED) is 0.908. The van der Waals surface area contributed by atoms with Crippen molar-refractivity contribution in [2.24, 2.45) is 5.92 Å².